The van der Waals surface area contributed by atoms with E-state index in [0.717, 1.165) is 33.7 Å². The predicted molar refractivity (Wildman–Crippen MR) is 131 cm³/mol. The van der Waals surface area contributed by atoms with E-state index in [1.807, 2.05) is 28.8 Å². The number of benzene rings is 3. The van der Waals surface area contributed by atoms with Crippen LogP contribution in [0, 0.1) is 5.82 Å². The number of ether oxygens (including phenoxy) is 3. The number of hydrogen-bond acceptors (Lipinski definition) is 5. The van der Waals surface area contributed by atoms with E-state index in [4.69, 9.17) is 19.2 Å². The summed E-state index contributed by atoms with van der Waals surface area (Å²) in [5.41, 5.74) is 3.18. The summed E-state index contributed by atoms with van der Waals surface area (Å²) in [6, 6.07) is 16.8. The number of nitrogens with zero attached hydrogens (tertiary/aromatic N) is 2. The minimum atomic E-state index is -0.244. The van der Waals surface area contributed by atoms with Crippen molar-refractivity contribution in [3.63, 3.8) is 0 Å². The summed E-state index contributed by atoms with van der Waals surface area (Å²) >= 11 is 1.80. The first-order valence-electron chi connectivity index (χ1n) is 10.8. The van der Waals surface area contributed by atoms with E-state index >= 15 is 0 Å². The molecule has 0 saturated carbocycles. The van der Waals surface area contributed by atoms with Crippen LogP contribution in [-0.4, -0.2) is 36.6 Å². The first-order valence-corrected chi connectivity index (χ1v) is 11.7. The molecule has 0 atom stereocenters. The average Bonchev–Trinajstić information content (AvgIpc) is 3.20. The van der Waals surface area contributed by atoms with Gasteiger partial charge >= 0.3 is 0 Å². The van der Waals surface area contributed by atoms with Crippen molar-refractivity contribution in [2.45, 2.75) is 24.8 Å². The van der Waals surface area contributed by atoms with Crippen molar-refractivity contribution in [2.24, 2.45) is 0 Å². The Labute approximate surface area is 197 Å². The van der Waals surface area contributed by atoms with E-state index in [0.29, 0.717) is 35.2 Å². The smallest absolute Gasteiger partial charge is 0.203 e. The summed E-state index contributed by atoms with van der Waals surface area (Å²) in [7, 11) is 4.74. The molecule has 0 aliphatic carbocycles. The lowest BCUT2D eigenvalue weighted by atomic mass is 10.1. The molecule has 1 aromatic heterocycles. The molecule has 0 N–H and O–H groups in total. The molecule has 4 rings (SSSR count). The van der Waals surface area contributed by atoms with Crippen LogP contribution in [0.2, 0.25) is 0 Å². The van der Waals surface area contributed by atoms with Crippen LogP contribution < -0.4 is 14.2 Å². The third-order valence-corrected chi connectivity index (χ3v) is 6.60. The third kappa shape index (κ3) is 4.64. The Bertz CT molecular complexity index is 1250. The molecule has 3 aromatic carbocycles. The molecule has 0 saturated heterocycles. The minimum Gasteiger partial charge on any atom is -0.493 e. The molecule has 33 heavy (non-hydrogen) atoms. The van der Waals surface area contributed by atoms with Gasteiger partial charge in [-0.1, -0.05) is 25.1 Å². The Morgan fingerprint density at radius 2 is 1.67 bits per heavy atom. The fraction of sp³-hybridized carbons (Fsp3) is 0.269. The van der Waals surface area contributed by atoms with E-state index in [2.05, 4.69) is 19.1 Å². The number of hydrogen-bond donors (Lipinski definition) is 0. The SMILES string of the molecule is CCCSc1ccc2nc(-c3cc(OC)c(OC)c(OC)c3)n(Cc3ccccc3F)c2c1. The molecule has 1 heterocycles. The maximum Gasteiger partial charge on any atom is 0.203 e. The molecule has 0 amide bonds. The Hall–Kier alpha value is -3.19. The number of methoxy groups -OCH3 is 3. The van der Waals surface area contributed by atoms with Gasteiger partial charge in [-0.25, -0.2) is 9.37 Å². The van der Waals surface area contributed by atoms with Gasteiger partial charge in [0.05, 0.1) is 38.9 Å². The normalized spacial score (nSPS) is 11.1. The Morgan fingerprint density at radius 3 is 2.30 bits per heavy atom. The van der Waals surface area contributed by atoms with Gasteiger partial charge in [0.15, 0.2) is 11.5 Å². The highest BCUT2D eigenvalue weighted by Gasteiger charge is 2.20. The maximum atomic E-state index is 14.6. The van der Waals surface area contributed by atoms with Crippen molar-refractivity contribution in [3.8, 4) is 28.6 Å². The topological polar surface area (TPSA) is 45.5 Å². The lowest BCUT2D eigenvalue weighted by molar-refractivity contribution is 0.324. The van der Waals surface area contributed by atoms with E-state index in [-0.39, 0.29) is 5.82 Å². The largest absolute Gasteiger partial charge is 0.493 e. The second-order valence-electron chi connectivity index (χ2n) is 7.53. The first kappa shape index (κ1) is 23.0. The second kappa shape index (κ2) is 10.2. The second-order valence-corrected chi connectivity index (χ2v) is 8.69. The molecule has 0 aliphatic rings. The van der Waals surface area contributed by atoms with Crippen LogP contribution >= 0.6 is 11.8 Å². The average molecular weight is 467 g/mol. The van der Waals surface area contributed by atoms with Gasteiger partial charge in [-0.15, -0.1) is 11.8 Å². The van der Waals surface area contributed by atoms with Gasteiger partial charge in [0.25, 0.3) is 0 Å². The van der Waals surface area contributed by atoms with Crippen LogP contribution in [0.3, 0.4) is 0 Å². The van der Waals surface area contributed by atoms with Crippen molar-refractivity contribution >= 4 is 22.8 Å². The maximum absolute atomic E-state index is 14.6. The molecule has 0 radical (unpaired) electrons. The number of rotatable bonds is 9. The van der Waals surface area contributed by atoms with Crippen molar-refractivity contribution in [2.75, 3.05) is 27.1 Å². The molecule has 0 bridgehead atoms. The zero-order valence-electron chi connectivity index (χ0n) is 19.2. The van der Waals surface area contributed by atoms with Crippen molar-refractivity contribution < 1.29 is 18.6 Å². The lowest BCUT2D eigenvalue weighted by Gasteiger charge is -2.15. The lowest BCUT2D eigenvalue weighted by Crippen LogP contribution is -2.05. The predicted octanol–water partition coefficient (Wildman–Crippen LogP) is 6.42. The molecule has 0 spiro atoms. The molecule has 7 heteroatoms. The van der Waals surface area contributed by atoms with Crippen LogP contribution in [-0.2, 0) is 6.54 Å². The Kier molecular flexibility index (Phi) is 7.08. The zero-order valence-corrected chi connectivity index (χ0v) is 20.0. The van der Waals surface area contributed by atoms with Crippen molar-refractivity contribution in [3.05, 3.63) is 66.0 Å². The van der Waals surface area contributed by atoms with E-state index in [1.54, 1.807) is 45.2 Å². The fourth-order valence-electron chi connectivity index (χ4n) is 3.80. The highest BCUT2D eigenvalue weighted by Crippen LogP contribution is 2.42. The highest BCUT2D eigenvalue weighted by molar-refractivity contribution is 7.99. The molecular weight excluding hydrogens is 439 g/mol. The van der Waals surface area contributed by atoms with Gasteiger partial charge in [0.1, 0.15) is 11.6 Å². The Morgan fingerprint density at radius 1 is 0.939 bits per heavy atom. The number of fused-ring (bicyclic) bond motifs is 1. The van der Waals surface area contributed by atoms with Gasteiger partial charge in [-0.3, -0.25) is 0 Å². The van der Waals surface area contributed by atoms with E-state index < -0.39 is 0 Å². The number of aromatic nitrogens is 2. The van der Waals surface area contributed by atoms with Crippen LogP contribution in [0.25, 0.3) is 22.4 Å². The first-order chi connectivity index (χ1) is 16.1. The molecule has 0 unspecified atom stereocenters. The monoisotopic (exact) mass is 466 g/mol. The fourth-order valence-corrected chi connectivity index (χ4v) is 4.60. The summed E-state index contributed by atoms with van der Waals surface area (Å²) in [5.74, 6) is 3.08. The molecular formula is C26H27FN2O3S. The third-order valence-electron chi connectivity index (χ3n) is 5.40. The van der Waals surface area contributed by atoms with Gasteiger partial charge in [-0.05, 0) is 48.6 Å². The molecule has 0 aliphatic heterocycles. The summed E-state index contributed by atoms with van der Waals surface area (Å²) in [6.07, 6.45) is 1.09. The Balaban J connectivity index is 1.93. The van der Waals surface area contributed by atoms with Gasteiger partial charge in [0, 0.05) is 16.0 Å². The van der Waals surface area contributed by atoms with Gasteiger partial charge in [0.2, 0.25) is 5.75 Å². The van der Waals surface area contributed by atoms with E-state index in [1.165, 1.54) is 6.07 Å². The van der Waals surface area contributed by atoms with Crippen LogP contribution in [0.15, 0.2) is 59.5 Å². The van der Waals surface area contributed by atoms with Crippen LogP contribution in [0.4, 0.5) is 4.39 Å². The summed E-state index contributed by atoms with van der Waals surface area (Å²) in [6.45, 7) is 2.51. The van der Waals surface area contributed by atoms with Crippen molar-refractivity contribution in [1.29, 1.82) is 0 Å². The molecule has 0 fully saturated rings. The van der Waals surface area contributed by atoms with Crippen LogP contribution in [0.1, 0.15) is 18.9 Å². The summed E-state index contributed by atoms with van der Waals surface area (Å²) in [4.78, 5) is 6.08. The number of halogens is 1. The van der Waals surface area contributed by atoms with E-state index in [9.17, 15) is 4.39 Å². The van der Waals surface area contributed by atoms with Crippen molar-refractivity contribution in [1.82, 2.24) is 9.55 Å². The summed E-state index contributed by atoms with van der Waals surface area (Å²) < 4.78 is 33.2. The molecule has 4 aromatic rings. The highest BCUT2D eigenvalue weighted by atomic mass is 32.2. The van der Waals surface area contributed by atoms with Crippen LogP contribution in [0.5, 0.6) is 17.2 Å². The quantitative estimate of drug-likeness (QED) is 0.266. The minimum absolute atomic E-state index is 0.244. The summed E-state index contributed by atoms with van der Waals surface area (Å²) in [5, 5.41) is 0. The van der Waals surface area contributed by atoms with Gasteiger partial charge in [-0.2, -0.15) is 0 Å². The number of thioether (sulfide) groups is 1. The molecule has 172 valence electrons. The number of imidazole rings is 1. The standard InChI is InChI=1S/C26H27FN2O3S/c1-5-12-33-19-10-11-21-22(15-19)29(16-17-8-6-7-9-20(17)27)26(28-21)18-13-23(30-2)25(32-4)24(14-18)31-3/h6-11,13-15H,5,12,16H2,1-4H3. The molecule has 5 nitrogen and oxygen atoms in total. The van der Waals surface area contributed by atoms with Gasteiger partial charge < -0.3 is 18.8 Å². The zero-order chi connectivity index (χ0) is 23.4.